The van der Waals surface area contributed by atoms with Gasteiger partial charge in [0, 0.05) is 0 Å². The van der Waals surface area contributed by atoms with Gasteiger partial charge in [-0.25, -0.2) is 0 Å². The van der Waals surface area contributed by atoms with Crippen LogP contribution in [-0.2, 0) is 4.79 Å². The van der Waals surface area contributed by atoms with Gasteiger partial charge in [0.15, 0.2) is 11.5 Å². The van der Waals surface area contributed by atoms with Gasteiger partial charge in [0.25, 0.3) is 0 Å². The number of methoxy groups -OCH3 is 1. The van der Waals surface area contributed by atoms with Gasteiger partial charge in [0.1, 0.15) is 0 Å². The topological polar surface area (TPSA) is 55.8 Å². The molecule has 2 aliphatic rings. The fourth-order valence-electron chi connectivity index (χ4n) is 2.84. The first kappa shape index (κ1) is 15.7. The van der Waals surface area contributed by atoms with Gasteiger partial charge in [-0.2, -0.15) is 0 Å². The number of aliphatic carboxylic acids is 1. The molecule has 1 aromatic rings. The number of carboxylic acids is 1. The Bertz CT molecular complexity index is 564. The third-order valence-electron chi connectivity index (χ3n) is 4.42. The van der Waals surface area contributed by atoms with Gasteiger partial charge in [0.2, 0.25) is 0 Å². The molecule has 4 nitrogen and oxygen atoms in total. The molecule has 22 heavy (non-hydrogen) atoms. The minimum atomic E-state index is -0.746. The van der Waals surface area contributed by atoms with Crippen molar-refractivity contribution in [3.63, 3.8) is 0 Å². The quantitative estimate of drug-likeness (QED) is 0.746. The molecule has 0 aromatic heterocycles. The Morgan fingerprint density at radius 3 is 2.64 bits per heavy atom. The maximum absolute atomic E-state index is 11.2. The van der Waals surface area contributed by atoms with Crippen molar-refractivity contribution in [2.45, 2.75) is 38.0 Å². The van der Waals surface area contributed by atoms with E-state index in [-0.39, 0.29) is 12.3 Å². The van der Waals surface area contributed by atoms with Crippen LogP contribution in [0.25, 0.3) is 0 Å². The summed E-state index contributed by atoms with van der Waals surface area (Å²) in [7, 11) is 1.62. The van der Waals surface area contributed by atoms with Crippen LogP contribution in [0.2, 0.25) is 0 Å². The number of hydrogen-bond donors (Lipinski definition) is 1. The predicted octanol–water partition coefficient (Wildman–Crippen LogP) is 4.21. The van der Waals surface area contributed by atoms with E-state index < -0.39 is 5.97 Å². The SMILES string of the molecule is COc1c(Br)cc(C(CC(=O)O)C2CC2)cc1OCC1CC1. The standard InChI is InChI=1S/C17H21BrO4/c1-21-17-14(18)6-12(7-15(17)22-9-10-2-3-10)13(8-16(19)20)11-4-5-11/h6-7,10-11,13H,2-5,8-9H2,1H3,(H,19,20). The van der Waals surface area contributed by atoms with E-state index >= 15 is 0 Å². The number of carboxylic acid groups (broad SMARTS) is 1. The van der Waals surface area contributed by atoms with Crippen molar-refractivity contribution in [2.24, 2.45) is 11.8 Å². The molecular formula is C17H21BrO4. The zero-order chi connectivity index (χ0) is 15.7. The smallest absolute Gasteiger partial charge is 0.303 e. The lowest BCUT2D eigenvalue weighted by molar-refractivity contribution is -0.137. The van der Waals surface area contributed by atoms with Crippen molar-refractivity contribution >= 4 is 21.9 Å². The van der Waals surface area contributed by atoms with Crippen LogP contribution in [-0.4, -0.2) is 24.8 Å². The average Bonchev–Trinajstić information content (AvgIpc) is 3.36. The summed E-state index contributed by atoms with van der Waals surface area (Å²) in [6.45, 7) is 0.708. The molecule has 0 heterocycles. The van der Waals surface area contributed by atoms with Gasteiger partial charge >= 0.3 is 5.97 Å². The first-order valence-electron chi connectivity index (χ1n) is 7.80. The Kier molecular flexibility index (Phi) is 4.62. The van der Waals surface area contributed by atoms with Crippen LogP contribution in [0.15, 0.2) is 16.6 Å². The molecule has 1 unspecified atom stereocenters. The van der Waals surface area contributed by atoms with Gasteiger partial charge in [0.05, 0.1) is 24.6 Å². The largest absolute Gasteiger partial charge is 0.492 e. The van der Waals surface area contributed by atoms with E-state index in [1.54, 1.807) is 7.11 Å². The van der Waals surface area contributed by atoms with E-state index in [1.165, 1.54) is 12.8 Å². The first-order chi connectivity index (χ1) is 10.6. The molecule has 3 rings (SSSR count). The lowest BCUT2D eigenvalue weighted by Crippen LogP contribution is -2.09. The van der Waals surface area contributed by atoms with E-state index in [2.05, 4.69) is 15.9 Å². The van der Waals surface area contributed by atoms with E-state index in [0.29, 0.717) is 24.2 Å². The summed E-state index contributed by atoms with van der Waals surface area (Å²) < 4.78 is 12.2. The molecule has 0 radical (unpaired) electrons. The summed E-state index contributed by atoms with van der Waals surface area (Å²) in [6.07, 6.45) is 4.85. The second-order valence-electron chi connectivity index (χ2n) is 6.33. The molecule has 1 N–H and O–H groups in total. The number of carbonyl (C=O) groups is 1. The average molecular weight is 369 g/mol. The van der Waals surface area contributed by atoms with Gasteiger partial charge in [-0.3, -0.25) is 4.79 Å². The molecular weight excluding hydrogens is 348 g/mol. The monoisotopic (exact) mass is 368 g/mol. The molecule has 0 aliphatic heterocycles. The van der Waals surface area contributed by atoms with E-state index in [0.717, 1.165) is 28.6 Å². The summed E-state index contributed by atoms with van der Waals surface area (Å²) in [4.78, 5) is 11.2. The minimum absolute atomic E-state index is 0.0583. The summed E-state index contributed by atoms with van der Waals surface area (Å²) in [5.74, 6) is 1.86. The van der Waals surface area contributed by atoms with E-state index in [1.807, 2.05) is 12.1 Å². The molecule has 2 fully saturated rings. The lowest BCUT2D eigenvalue weighted by atomic mass is 9.91. The van der Waals surface area contributed by atoms with Crippen LogP contribution in [0.5, 0.6) is 11.5 Å². The fraction of sp³-hybridized carbons (Fsp3) is 0.588. The molecule has 5 heteroatoms. The highest BCUT2D eigenvalue weighted by Gasteiger charge is 2.34. The van der Waals surface area contributed by atoms with E-state index in [9.17, 15) is 9.90 Å². The number of benzene rings is 1. The van der Waals surface area contributed by atoms with Gasteiger partial charge in [-0.1, -0.05) is 0 Å². The fourth-order valence-corrected chi connectivity index (χ4v) is 3.46. The van der Waals surface area contributed by atoms with Crippen molar-refractivity contribution in [1.29, 1.82) is 0 Å². The van der Waals surface area contributed by atoms with Crippen LogP contribution in [0, 0.1) is 11.8 Å². The Labute approximate surface area is 138 Å². The normalized spacial score (nSPS) is 18.8. The number of rotatable bonds is 8. The summed E-state index contributed by atoms with van der Waals surface area (Å²) in [5.41, 5.74) is 1.03. The van der Waals surface area contributed by atoms with Crippen molar-refractivity contribution in [2.75, 3.05) is 13.7 Å². The Morgan fingerprint density at radius 1 is 1.36 bits per heavy atom. The van der Waals surface area contributed by atoms with Crippen LogP contribution < -0.4 is 9.47 Å². The maximum atomic E-state index is 11.2. The maximum Gasteiger partial charge on any atom is 0.303 e. The highest BCUT2D eigenvalue weighted by molar-refractivity contribution is 9.10. The van der Waals surface area contributed by atoms with Crippen LogP contribution in [0.1, 0.15) is 43.6 Å². The molecule has 0 spiro atoms. The molecule has 2 saturated carbocycles. The van der Waals surface area contributed by atoms with Crippen molar-refractivity contribution in [3.05, 3.63) is 22.2 Å². The van der Waals surface area contributed by atoms with Gasteiger partial charge in [-0.15, -0.1) is 0 Å². The van der Waals surface area contributed by atoms with Gasteiger partial charge in [-0.05, 0) is 77.1 Å². The highest BCUT2D eigenvalue weighted by Crippen LogP contribution is 2.48. The minimum Gasteiger partial charge on any atom is -0.492 e. The Morgan fingerprint density at radius 2 is 2.09 bits per heavy atom. The lowest BCUT2D eigenvalue weighted by Gasteiger charge is -2.19. The predicted molar refractivity (Wildman–Crippen MR) is 86.6 cm³/mol. The van der Waals surface area contributed by atoms with E-state index in [4.69, 9.17) is 9.47 Å². The molecule has 1 atom stereocenters. The molecule has 0 bridgehead atoms. The highest BCUT2D eigenvalue weighted by atomic mass is 79.9. The Hall–Kier alpha value is -1.23. The van der Waals surface area contributed by atoms with Gasteiger partial charge < -0.3 is 14.6 Å². The number of hydrogen-bond acceptors (Lipinski definition) is 3. The molecule has 0 saturated heterocycles. The second-order valence-corrected chi connectivity index (χ2v) is 7.18. The number of ether oxygens (including phenoxy) is 2. The summed E-state index contributed by atoms with van der Waals surface area (Å²) in [6, 6.07) is 3.95. The first-order valence-corrected chi connectivity index (χ1v) is 8.59. The zero-order valence-electron chi connectivity index (χ0n) is 12.7. The second kappa shape index (κ2) is 6.49. The molecule has 1 aromatic carbocycles. The van der Waals surface area contributed by atoms with Crippen LogP contribution in [0.4, 0.5) is 0 Å². The van der Waals surface area contributed by atoms with Crippen LogP contribution in [0.3, 0.4) is 0 Å². The summed E-state index contributed by atoms with van der Waals surface area (Å²) >= 11 is 3.53. The zero-order valence-corrected chi connectivity index (χ0v) is 14.3. The summed E-state index contributed by atoms with van der Waals surface area (Å²) in [5, 5.41) is 9.18. The molecule has 120 valence electrons. The third kappa shape index (κ3) is 3.75. The van der Waals surface area contributed by atoms with Crippen LogP contribution >= 0.6 is 15.9 Å². The van der Waals surface area contributed by atoms with Crippen molar-refractivity contribution < 1.29 is 19.4 Å². The Balaban J connectivity index is 1.86. The third-order valence-corrected chi connectivity index (χ3v) is 5.01. The molecule has 0 amide bonds. The molecule has 2 aliphatic carbocycles. The number of halogens is 1. The van der Waals surface area contributed by atoms with Crippen molar-refractivity contribution in [3.8, 4) is 11.5 Å². The van der Waals surface area contributed by atoms with Crippen molar-refractivity contribution in [1.82, 2.24) is 0 Å².